The second-order valence-electron chi connectivity index (χ2n) is 9.70. The van der Waals surface area contributed by atoms with Crippen LogP contribution in [0, 0.1) is 17.1 Å². The molecular weight excluding hydrogens is 483 g/mol. The predicted octanol–water partition coefficient (Wildman–Crippen LogP) is 5.00. The summed E-state index contributed by atoms with van der Waals surface area (Å²) in [4.78, 5) is 13.2. The molecule has 1 saturated heterocycles. The van der Waals surface area contributed by atoms with Crippen LogP contribution in [0.25, 0.3) is 22.2 Å². The molecule has 0 unspecified atom stereocenters. The van der Waals surface area contributed by atoms with E-state index in [1.165, 1.54) is 0 Å². The minimum atomic E-state index is -0.685. The van der Waals surface area contributed by atoms with E-state index in [0.29, 0.717) is 30.7 Å². The summed E-state index contributed by atoms with van der Waals surface area (Å²) in [6.45, 7) is 5.53. The highest BCUT2D eigenvalue weighted by atomic mass is 19.1. The fraction of sp³-hybridized carbons (Fsp3) is 0.310. The molecule has 2 aromatic carbocycles. The molecule has 1 fully saturated rings. The molecule has 8 nitrogen and oxygen atoms in total. The molecule has 194 valence electrons. The van der Waals surface area contributed by atoms with Gasteiger partial charge in [-0.25, -0.2) is 14.4 Å². The molecule has 2 aromatic heterocycles. The fourth-order valence-electron chi connectivity index (χ4n) is 4.82. The van der Waals surface area contributed by atoms with Crippen LogP contribution in [0.1, 0.15) is 42.9 Å². The van der Waals surface area contributed by atoms with Gasteiger partial charge in [0.1, 0.15) is 5.69 Å². The van der Waals surface area contributed by atoms with Crippen molar-refractivity contribution < 1.29 is 14.2 Å². The number of halogens is 1. The van der Waals surface area contributed by atoms with Gasteiger partial charge >= 0.3 is 0 Å². The van der Waals surface area contributed by atoms with E-state index in [-0.39, 0.29) is 30.2 Å². The number of hydrogen-bond acceptors (Lipinski definition) is 8. The quantitative estimate of drug-likeness (QED) is 0.317. The number of rotatable bonds is 7. The molecular formula is C29H29FN6O2. The summed E-state index contributed by atoms with van der Waals surface area (Å²) in [6.07, 6.45) is 2.94. The van der Waals surface area contributed by atoms with Crippen molar-refractivity contribution in [3.8, 4) is 17.3 Å². The summed E-state index contributed by atoms with van der Waals surface area (Å²) in [7, 11) is 0. The molecule has 3 heterocycles. The summed E-state index contributed by atoms with van der Waals surface area (Å²) in [5.74, 6) is -0.0932. The van der Waals surface area contributed by atoms with Gasteiger partial charge in [0.2, 0.25) is 5.95 Å². The summed E-state index contributed by atoms with van der Waals surface area (Å²) < 4.78 is 20.2. The second kappa shape index (κ2) is 11.1. The summed E-state index contributed by atoms with van der Waals surface area (Å²) in [6, 6.07) is 14.8. The number of benzene rings is 2. The third-order valence-corrected chi connectivity index (χ3v) is 6.70. The molecule has 9 heteroatoms. The van der Waals surface area contributed by atoms with Gasteiger partial charge in [-0.1, -0.05) is 26.0 Å². The van der Waals surface area contributed by atoms with Crippen LogP contribution in [0.2, 0.25) is 0 Å². The molecule has 0 spiro atoms. The number of aliphatic hydroxyl groups excluding tert-OH is 1. The van der Waals surface area contributed by atoms with Crippen LogP contribution in [0.3, 0.4) is 0 Å². The smallest absolute Gasteiger partial charge is 0.223 e. The van der Waals surface area contributed by atoms with Crippen LogP contribution in [-0.4, -0.2) is 45.4 Å². The summed E-state index contributed by atoms with van der Waals surface area (Å²) in [5.41, 5.74) is 5.18. The topological polar surface area (TPSA) is 116 Å². The van der Waals surface area contributed by atoms with Gasteiger partial charge in [0.15, 0.2) is 5.82 Å². The number of nitrogens with one attached hydrogen (secondary N) is 2. The van der Waals surface area contributed by atoms with Gasteiger partial charge < -0.3 is 20.5 Å². The lowest BCUT2D eigenvalue weighted by Crippen LogP contribution is -2.42. The van der Waals surface area contributed by atoms with Gasteiger partial charge in [-0.15, -0.1) is 0 Å². The summed E-state index contributed by atoms with van der Waals surface area (Å²) in [5, 5.41) is 26.8. The van der Waals surface area contributed by atoms with Crippen molar-refractivity contribution in [3.05, 3.63) is 77.4 Å². The lowest BCUT2D eigenvalue weighted by atomic mass is 9.92. The number of fused-ring (bicyclic) bond motifs is 1. The zero-order valence-corrected chi connectivity index (χ0v) is 21.3. The maximum absolute atomic E-state index is 14.9. The van der Waals surface area contributed by atoms with Crippen LogP contribution < -0.4 is 10.6 Å². The third-order valence-electron chi connectivity index (χ3n) is 6.70. The first kappa shape index (κ1) is 25.5. The SMILES string of the molecule is CC(C)c1c(CNc2cccc(C#N)c2)cnc2ccc(-c3nc(N[C@@H]4CCOC[C@H]4O)ncc3F)cc12. The zero-order chi connectivity index (χ0) is 26.6. The number of nitriles is 1. The number of aromatic nitrogens is 3. The Morgan fingerprint density at radius 3 is 2.84 bits per heavy atom. The van der Waals surface area contributed by atoms with Crippen LogP contribution in [-0.2, 0) is 11.3 Å². The van der Waals surface area contributed by atoms with Crippen molar-refractivity contribution in [3.63, 3.8) is 0 Å². The molecule has 0 bridgehead atoms. The number of aliphatic hydroxyl groups is 1. The van der Waals surface area contributed by atoms with Crippen LogP contribution in [0.5, 0.6) is 0 Å². The monoisotopic (exact) mass is 512 g/mol. The molecule has 2 atom stereocenters. The van der Waals surface area contributed by atoms with Gasteiger partial charge in [-0.2, -0.15) is 5.26 Å². The van der Waals surface area contributed by atoms with Crippen molar-refractivity contribution in [2.24, 2.45) is 0 Å². The van der Waals surface area contributed by atoms with Crippen molar-refractivity contribution in [1.29, 1.82) is 5.26 Å². The predicted molar refractivity (Wildman–Crippen MR) is 144 cm³/mol. The molecule has 5 rings (SSSR count). The Hall–Kier alpha value is -4.13. The van der Waals surface area contributed by atoms with E-state index in [4.69, 9.17) is 4.74 Å². The van der Waals surface area contributed by atoms with Gasteiger partial charge in [0.05, 0.1) is 42.1 Å². The first-order valence-electron chi connectivity index (χ1n) is 12.6. The van der Waals surface area contributed by atoms with E-state index in [2.05, 4.69) is 45.5 Å². The highest BCUT2D eigenvalue weighted by Gasteiger charge is 2.25. The van der Waals surface area contributed by atoms with Crippen LogP contribution >= 0.6 is 0 Å². The second-order valence-corrected chi connectivity index (χ2v) is 9.70. The van der Waals surface area contributed by atoms with Gasteiger partial charge in [-0.05, 0) is 53.8 Å². The first-order chi connectivity index (χ1) is 18.4. The Balaban J connectivity index is 1.48. The molecule has 0 aliphatic carbocycles. The van der Waals surface area contributed by atoms with Crippen molar-refractivity contribution in [2.45, 2.75) is 44.9 Å². The summed E-state index contributed by atoms with van der Waals surface area (Å²) >= 11 is 0. The Morgan fingerprint density at radius 1 is 1.18 bits per heavy atom. The van der Waals surface area contributed by atoms with E-state index >= 15 is 0 Å². The minimum Gasteiger partial charge on any atom is -0.389 e. The number of hydrogen-bond donors (Lipinski definition) is 3. The highest BCUT2D eigenvalue weighted by Crippen LogP contribution is 2.32. The number of nitrogens with zero attached hydrogens (tertiary/aromatic N) is 4. The van der Waals surface area contributed by atoms with E-state index in [9.17, 15) is 14.8 Å². The zero-order valence-electron chi connectivity index (χ0n) is 21.3. The number of ether oxygens (including phenoxy) is 1. The molecule has 38 heavy (non-hydrogen) atoms. The molecule has 0 radical (unpaired) electrons. The van der Waals surface area contributed by atoms with E-state index in [1.54, 1.807) is 6.07 Å². The van der Waals surface area contributed by atoms with E-state index in [0.717, 1.165) is 33.9 Å². The van der Waals surface area contributed by atoms with E-state index < -0.39 is 11.9 Å². The van der Waals surface area contributed by atoms with Crippen molar-refractivity contribution in [1.82, 2.24) is 15.0 Å². The number of pyridine rings is 1. The molecule has 4 aromatic rings. The lowest BCUT2D eigenvalue weighted by molar-refractivity contribution is -0.0136. The largest absolute Gasteiger partial charge is 0.389 e. The van der Waals surface area contributed by atoms with Crippen molar-refractivity contribution >= 4 is 22.5 Å². The van der Waals surface area contributed by atoms with Gasteiger partial charge in [0.25, 0.3) is 0 Å². The highest BCUT2D eigenvalue weighted by molar-refractivity contribution is 5.88. The van der Waals surface area contributed by atoms with E-state index in [1.807, 2.05) is 42.6 Å². The average molecular weight is 513 g/mol. The molecule has 1 aliphatic rings. The maximum atomic E-state index is 14.9. The molecule has 0 amide bonds. The van der Waals surface area contributed by atoms with Crippen molar-refractivity contribution in [2.75, 3.05) is 23.8 Å². The Kier molecular flexibility index (Phi) is 7.45. The fourth-order valence-corrected chi connectivity index (χ4v) is 4.82. The normalized spacial score (nSPS) is 17.4. The van der Waals surface area contributed by atoms with Crippen LogP contribution in [0.15, 0.2) is 54.9 Å². The number of anilines is 2. The minimum absolute atomic E-state index is 0.178. The Bertz CT molecular complexity index is 1500. The molecule has 3 N–H and O–H groups in total. The standard InChI is InChI=1S/C29H29FN6O2/c1-17(2)27-20(13-32-21-5-3-4-18(10-21)12-31)14-33-24-7-6-19(11-22(24)27)28-23(30)15-34-29(36-28)35-25-8-9-38-16-26(25)37/h3-7,10-11,14-15,17,25-26,32,37H,8-9,13,16H2,1-2H3,(H,34,35,36)/t25-,26-/m1/s1. The Morgan fingerprint density at radius 2 is 2.05 bits per heavy atom. The maximum Gasteiger partial charge on any atom is 0.223 e. The van der Waals surface area contributed by atoms with Gasteiger partial charge in [0, 0.05) is 36.0 Å². The first-order valence-corrected chi connectivity index (χ1v) is 12.6. The molecule has 0 saturated carbocycles. The van der Waals surface area contributed by atoms with Crippen LogP contribution in [0.4, 0.5) is 16.0 Å². The van der Waals surface area contributed by atoms with Gasteiger partial charge in [-0.3, -0.25) is 4.98 Å². The third kappa shape index (κ3) is 5.42. The molecule has 1 aliphatic heterocycles. The average Bonchev–Trinajstić information content (AvgIpc) is 2.93. The lowest BCUT2D eigenvalue weighted by Gasteiger charge is -2.28. The Labute approximate surface area is 220 Å².